The van der Waals surface area contributed by atoms with Crippen LogP contribution in [-0.4, -0.2) is 29.9 Å². The number of rotatable bonds is 4. The third-order valence-corrected chi connectivity index (χ3v) is 4.05. The molecule has 0 bridgehead atoms. The van der Waals surface area contributed by atoms with E-state index in [0.29, 0.717) is 5.92 Å². The first-order valence-corrected chi connectivity index (χ1v) is 7.29. The van der Waals surface area contributed by atoms with Crippen molar-refractivity contribution in [1.29, 1.82) is 0 Å². The van der Waals surface area contributed by atoms with Crippen molar-refractivity contribution in [3.8, 4) is 0 Å². The Bertz CT molecular complexity index is 396. The van der Waals surface area contributed by atoms with Gasteiger partial charge in [0.25, 0.3) is 0 Å². The molecular formula is C16H24N2O. The van der Waals surface area contributed by atoms with E-state index in [4.69, 9.17) is 5.73 Å². The maximum Gasteiger partial charge on any atom is 0.239 e. The average molecular weight is 260 g/mol. The van der Waals surface area contributed by atoms with Gasteiger partial charge in [-0.2, -0.15) is 0 Å². The van der Waals surface area contributed by atoms with Crippen molar-refractivity contribution in [3.05, 3.63) is 35.9 Å². The maximum absolute atomic E-state index is 12.0. The number of carbonyl (C=O) groups is 1. The summed E-state index contributed by atoms with van der Waals surface area (Å²) in [6, 6.07) is 10.3. The van der Waals surface area contributed by atoms with Gasteiger partial charge in [0.15, 0.2) is 0 Å². The van der Waals surface area contributed by atoms with Crippen LogP contribution in [-0.2, 0) is 11.2 Å². The molecule has 2 N–H and O–H groups in total. The summed E-state index contributed by atoms with van der Waals surface area (Å²) >= 11 is 0. The second-order valence-corrected chi connectivity index (χ2v) is 5.47. The zero-order valence-electron chi connectivity index (χ0n) is 11.7. The third-order valence-electron chi connectivity index (χ3n) is 4.05. The first-order chi connectivity index (χ1) is 9.20. The van der Waals surface area contributed by atoms with Gasteiger partial charge in [-0.1, -0.05) is 37.3 Å². The topological polar surface area (TPSA) is 46.3 Å². The van der Waals surface area contributed by atoms with Crippen LogP contribution in [0.15, 0.2) is 30.3 Å². The van der Waals surface area contributed by atoms with E-state index in [1.807, 2.05) is 11.8 Å². The van der Waals surface area contributed by atoms with Gasteiger partial charge in [0.2, 0.25) is 5.91 Å². The fourth-order valence-electron chi connectivity index (χ4n) is 2.71. The van der Waals surface area contributed by atoms with Crippen molar-refractivity contribution in [2.24, 2.45) is 11.7 Å². The van der Waals surface area contributed by atoms with Gasteiger partial charge in [0.1, 0.15) is 0 Å². The first kappa shape index (κ1) is 14.1. The molecule has 0 radical (unpaired) electrons. The van der Waals surface area contributed by atoms with E-state index >= 15 is 0 Å². The summed E-state index contributed by atoms with van der Waals surface area (Å²) in [4.78, 5) is 13.9. The van der Waals surface area contributed by atoms with Gasteiger partial charge in [-0.05, 0) is 37.2 Å². The van der Waals surface area contributed by atoms with E-state index in [-0.39, 0.29) is 11.9 Å². The molecule has 0 aliphatic carbocycles. The third kappa shape index (κ3) is 3.80. The Labute approximate surface area is 115 Å². The minimum Gasteiger partial charge on any atom is -0.341 e. The molecule has 3 nitrogen and oxygen atoms in total. The molecule has 1 saturated heterocycles. The van der Waals surface area contributed by atoms with Crippen LogP contribution in [0.3, 0.4) is 0 Å². The summed E-state index contributed by atoms with van der Waals surface area (Å²) in [5.74, 6) is 0.824. The first-order valence-electron chi connectivity index (χ1n) is 7.29. The van der Waals surface area contributed by atoms with Crippen LogP contribution in [0.5, 0.6) is 0 Å². The number of carbonyl (C=O) groups excluding carboxylic acids is 1. The molecule has 2 rings (SSSR count). The van der Waals surface area contributed by atoms with Gasteiger partial charge in [-0.15, -0.1) is 0 Å². The molecule has 0 aromatic heterocycles. The molecule has 1 aromatic rings. The lowest BCUT2D eigenvalue weighted by atomic mass is 9.90. The van der Waals surface area contributed by atoms with Gasteiger partial charge < -0.3 is 10.6 Å². The predicted molar refractivity (Wildman–Crippen MR) is 77.7 cm³/mol. The van der Waals surface area contributed by atoms with Crippen LogP contribution in [0.4, 0.5) is 0 Å². The largest absolute Gasteiger partial charge is 0.341 e. The highest BCUT2D eigenvalue weighted by Gasteiger charge is 2.25. The fourth-order valence-corrected chi connectivity index (χ4v) is 2.71. The molecule has 0 spiro atoms. The predicted octanol–water partition coefficient (Wildman–Crippen LogP) is 2.21. The Kier molecular flexibility index (Phi) is 4.97. The number of likely N-dealkylation sites (tertiary alicyclic amines) is 1. The molecule has 1 unspecified atom stereocenters. The number of piperidine rings is 1. The Hall–Kier alpha value is -1.35. The second kappa shape index (κ2) is 6.71. The second-order valence-electron chi connectivity index (χ2n) is 5.47. The van der Waals surface area contributed by atoms with Crippen LogP contribution in [0, 0.1) is 5.92 Å². The maximum atomic E-state index is 12.0. The Morgan fingerprint density at radius 2 is 1.95 bits per heavy atom. The summed E-state index contributed by atoms with van der Waals surface area (Å²) in [6.45, 7) is 3.69. The summed E-state index contributed by atoms with van der Waals surface area (Å²) in [7, 11) is 0. The molecule has 1 aromatic carbocycles. The standard InChI is InChI=1S/C16H24N2O/c1-2-15(17)16(19)18-10-8-14(9-11-18)12-13-6-4-3-5-7-13/h3-7,14-15H,2,8-12,17H2,1H3. The summed E-state index contributed by atoms with van der Waals surface area (Å²) in [5.41, 5.74) is 7.21. The number of nitrogens with two attached hydrogens (primary N) is 1. The minimum absolute atomic E-state index is 0.126. The smallest absolute Gasteiger partial charge is 0.239 e. The highest BCUT2D eigenvalue weighted by atomic mass is 16.2. The van der Waals surface area contributed by atoms with Crippen LogP contribution >= 0.6 is 0 Å². The minimum atomic E-state index is -0.314. The normalized spacial score (nSPS) is 18.3. The highest BCUT2D eigenvalue weighted by molar-refractivity contribution is 5.81. The van der Waals surface area contributed by atoms with Crippen molar-refractivity contribution < 1.29 is 4.79 Å². The van der Waals surface area contributed by atoms with E-state index < -0.39 is 0 Å². The average Bonchev–Trinajstić information content (AvgIpc) is 2.47. The van der Waals surface area contributed by atoms with Crippen LogP contribution < -0.4 is 5.73 Å². The van der Waals surface area contributed by atoms with Gasteiger partial charge >= 0.3 is 0 Å². The fraction of sp³-hybridized carbons (Fsp3) is 0.562. The Morgan fingerprint density at radius 1 is 1.32 bits per heavy atom. The van der Waals surface area contributed by atoms with E-state index in [1.54, 1.807) is 0 Å². The quantitative estimate of drug-likeness (QED) is 0.902. The van der Waals surface area contributed by atoms with Gasteiger partial charge in [0, 0.05) is 13.1 Å². The van der Waals surface area contributed by atoms with E-state index in [9.17, 15) is 4.79 Å². The zero-order valence-corrected chi connectivity index (χ0v) is 11.7. The zero-order chi connectivity index (χ0) is 13.7. The Balaban J connectivity index is 1.81. The molecule has 1 aliphatic heterocycles. The highest BCUT2D eigenvalue weighted by Crippen LogP contribution is 2.22. The molecule has 1 amide bonds. The van der Waals surface area contributed by atoms with E-state index in [2.05, 4.69) is 30.3 Å². The summed E-state index contributed by atoms with van der Waals surface area (Å²) in [6.07, 6.45) is 4.04. The van der Waals surface area contributed by atoms with Crippen molar-refractivity contribution in [1.82, 2.24) is 4.90 Å². The monoisotopic (exact) mass is 260 g/mol. The molecule has 0 saturated carbocycles. The van der Waals surface area contributed by atoms with E-state index in [1.165, 1.54) is 5.56 Å². The molecule has 19 heavy (non-hydrogen) atoms. The number of hydrogen-bond acceptors (Lipinski definition) is 2. The molecule has 1 atom stereocenters. The summed E-state index contributed by atoms with van der Waals surface area (Å²) in [5, 5.41) is 0. The number of nitrogens with zero attached hydrogens (tertiary/aromatic N) is 1. The molecule has 1 heterocycles. The molecule has 1 aliphatic rings. The Morgan fingerprint density at radius 3 is 2.53 bits per heavy atom. The lowest BCUT2D eigenvalue weighted by Crippen LogP contribution is -2.47. The van der Waals surface area contributed by atoms with Crippen molar-refractivity contribution >= 4 is 5.91 Å². The molecular weight excluding hydrogens is 236 g/mol. The summed E-state index contributed by atoms with van der Waals surface area (Å²) < 4.78 is 0. The van der Waals surface area contributed by atoms with Gasteiger partial charge in [-0.25, -0.2) is 0 Å². The molecule has 104 valence electrons. The molecule has 3 heteroatoms. The van der Waals surface area contributed by atoms with Crippen molar-refractivity contribution in [3.63, 3.8) is 0 Å². The number of benzene rings is 1. The number of hydrogen-bond donors (Lipinski definition) is 1. The van der Waals surface area contributed by atoms with Crippen LogP contribution in [0.2, 0.25) is 0 Å². The van der Waals surface area contributed by atoms with Gasteiger partial charge in [0.05, 0.1) is 6.04 Å². The lowest BCUT2D eigenvalue weighted by Gasteiger charge is -2.33. The van der Waals surface area contributed by atoms with E-state index in [0.717, 1.165) is 38.8 Å². The lowest BCUT2D eigenvalue weighted by molar-refractivity contribution is -0.134. The van der Waals surface area contributed by atoms with Crippen molar-refractivity contribution in [2.45, 2.75) is 38.6 Å². The van der Waals surface area contributed by atoms with Crippen LogP contribution in [0.1, 0.15) is 31.7 Å². The van der Waals surface area contributed by atoms with Gasteiger partial charge in [-0.3, -0.25) is 4.79 Å². The van der Waals surface area contributed by atoms with Crippen molar-refractivity contribution in [2.75, 3.05) is 13.1 Å². The number of amides is 1. The SMILES string of the molecule is CCC(N)C(=O)N1CCC(Cc2ccccc2)CC1. The molecule has 1 fully saturated rings. The van der Waals surface area contributed by atoms with Crippen LogP contribution in [0.25, 0.3) is 0 Å².